The van der Waals surface area contributed by atoms with Crippen LogP contribution in [0.4, 0.5) is 0 Å². The van der Waals surface area contributed by atoms with Gasteiger partial charge < -0.3 is 9.80 Å². The van der Waals surface area contributed by atoms with Gasteiger partial charge in [0.05, 0.1) is 0 Å². The zero-order valence-electron chi connectivity index (χ0n) is 7.95. The average molecular weight is 167 g/mol. The van der Waals surface area contributed by atoms with Crippen molar-refractivity contribution in [3.63, 3.8) is 0 Å². The van der Waals surface area contributed by atoms with Gasteiger partial charge in [-0.3, -0.25) is 0 Å². The molecule has 1 rings (SSSR count). The Labute approximate surface area is 74.6 Å². The number of likely N-dealkylation sites (tertiary alicyclic amines) is 1. The Morgan fingerprint density at radius 1 is 1.50 bits per heavy atom. The van der Waals surface area contributed by atoms with E-state index in [0.717, 1.165) is 12.5 Å². The van der Waals surface area contributed by atoms with Crippen LogP contribution in [0.15, 0.2) is 0 Å². The van der Waals surface area contributed by atoms with Crippen LogP contribution in [0.5, 0.6) is 0 Å². The molecule has 3 heteroatoms. The van der Waals surface area contributed by atoms with Gasteiger partial charge in [-0.15, -0.1) is 0 Å². The molecule has 1 aliphatic rings. The summed E-state index contributed by atoms with van der Waals surface area (Å²) in [6.45, 7) is 3.30. The number of piperidine rings is 1. The van der Waals surface area contributed by atoms with Crippen LogP contribution in [-0.2, 0) is 0 Å². The first-order valence-corrected chi connectivity index (χ1v) is 4.52. The Balaban J connectivity index is 2.22. The molecule has 3 nitrogen and oxygen atoms in total. The molecule has 1 heterocycles. The molecule has 0 aliphatic carbocycles. The second-order valence-corrected chi connectivity index (χ2v) is 3.73. The molecule has 0 aromatic carbocycles. The van der Waals surface area contributed by atoms with Crippen LogP contribution in [0, 0.1) is 17.4 Å². The van der Waals surface area contributed by atoms with Crippen molar-refractivity contribution in [3.05, 3.63) is 0 Å². The number of rotatable bonds is 2. The zero-order chi connectivity index (χ0) is 8.97. The first kappa shape index (κ1) is 9.34. The standard InChI is InChI=1S/C9H17N3/c1-11-5-3-9(4-6-11)7-12(2)8-10/h9H,3-7H2,1-2H3. The monoisotopic (exact) mass is 167 g/mol. The fourth-order valence-electron chi connectivity index (χ4n) is 1.67. The second-order valence-electron chi connectivity index (χ2n) is 3.73. The lowest BCUT2D eigenvalue weighted by Gasteiger charge is -2.30. The molecule has 0 aromatic heterocycles. The van der Waals surface area contributed by atoms with Gasteiger partial charge in [0.25, 0.3) is 0 Å². The van der Waals surface area contributed by atoms with Gasteiger partial charge in [-0.25, -0.2) is 0 Å². The molecule has 0 N–H and O–H groups in total. The second kappa shape index (κ2) is 4.32. The van der Waals surface area contributed by atoms with Crippen LogP contribution in [0.25, 0.3) is 0 Å². The van der Waals surface area contributed by atoms with E-state index in [2.05, 4.69) is 18.1 Å². The fourth-order valence-corrected chi connectivity index (χ4v) is 1.67. The fraction of sp³-hybridized carbons (Fsp3) is 0.889. The predicted molar refractivity (Wildman–Crippen MR) is 48.5 cm³/mol. The van der Waals surface area contributed by atoms with E-state index in [-0.39, 0.29) is 0 Å². The van der Waals surface area contributed by atoms with Gasteiger partial charge in [-0.05, 0) is 38.9 Å². The molecule has 0 atom stereocenters. The van der Waals surface area contributed by atoms with E-state index in [1.54, 1.807) is 4.90 Å². The summed E-state index contributed by atoms with van der Waals surface area (Å²) in [4.78, 5) is 4.08. The van der Waals surface area contributed by atoms with E-state index in [1.807, 2.05) is 7.05 Å². The lowest BCUT2D eigenvalue weighted by molar-refractivity contribution is 0.197. The maximum Gasteiger partial charge on any atom is 0.179 e. The van der Waals surface area contributed by atoms with Gasteiger partial charge in [0, 0.05) is 13.6 Å². The van der Waals surface area contributed by atoms with Gasteiger partial charge in [-0.2, -0.15) is 5.26 Å². The van der Waals surface area contributed by atoms with Gasteiger partial charge in [-0.1, -0.05) is 0 Å². The number of nitriles is 1. The highest BCUT2D eigenvalue weighted by molar-refractivity contribution is 4.77. The van der Waals surface area contributed by atoms with E-state index in [4.69, 9.17) is 5.26 Å². The van der Waals surface area contributed by atoms with Gasteiger partial charge in [0.2, 0.25) is 0 Å². The largest absolute Gasteiger partial charge is 0.313 e. The summed E-state index contributed by atoms with van der Waals surface area (Å²) in [7, 11) is 4.02. The Morgan fingerprint density at radius 3 is 2.58 bits per heavy atom. The molecule has 0 bridgehead atoms. The highest BCUT2D eigenvalue weighted by atomic mass is 15.1. The van der Waals surface area contributed by atoms with Crippen molar-refractivity contribution >= 4 is 0 Å². The molecule has 12 heavy (non-hydrogen) atoms. The molecule has 0 radical (unpaired) electrons. The number of nitrogens with zero attached hydrogens (tertiary/aromatic N) is 3. The van der Waals surface area contributed by atoms with Crippen molar-refractivity contribution in [1.29, 1.82) is 5.26 Å². The Kier molecular flexibility index (Phi) is 3.36. The SMILES string of the molecule is CN(C#N)CC1CCN(C)CC1. The molecule has 0 saturated carbocycles. The van der Waals surface area contributed by atoms with E-state index in [9.17, 15) is 0 Å². The molecule has 0 aromatic rings. The van der Waals surface area contributed by atoms with Crippen LogP contribution in [0.3, 0.4) is 0 Å². The molecule has 1 fully saturated rings. The van der Waals surface area contributed by atoms with Crippen molar-refractivity contribution in [2.75, 3.05) is 33.7 Å². The molecule has 68 valence electrons. The summed E-state index contributed by atoms with van der Waals surface area (Å²) < 4.78 is 0. The van der Waals surface area contributed by atoms with Crippen LogP contribution in [0.2, 0.25) is 0 Å². The van der Waals surface area contributed by atoms with Crippen molar-refractivity contribution in [2.45, 2.75) is 12.8 Å². The summed E-state index contributed by atoms with van der Waals surface area (Å²) >= 11 is 0. The lowest BCUT2D eigenvalue weighted by Crippen LogP contribution is -2.34. The van der Waals surface area contributed by atoms with E-state index < -0.39 is 0 Å². The highest BCUT2D eigenvalue weighted by Crippen LogP contribution is 2.16. The molecule has 1 aliphatic heterocycles. The number of hydrogen-bond donors (Lipinski definition) is 0. The van der Waals surface area contributed by atoms with Crippen LogP contribution in [0.1, 0.15) is 12.8 Å². The minimum absolute atomic E-state index is 0.728. The minimum Gasteiger partial charge on any atom is -0.313 e. The Morgan fingerprint density at radius 2 is 2.08 bits per heavy atom. The smallest absolute Gasteiger partial charge is 0.179 e. The molecule has 0 amide bonds. The molecule has 0 spiro atoms. The third-order valence-corrected chi connectivity index (χ3v) is 2.54. The third kappa shape index (κ3) is 2.71. The van der Waals surface area contributed by atoms with Crippen LogP contribution < -0.4 is 0 Å². The predicted octanol–water partition coefficient (Wildman–Crippen LogP) is 0.741. The van der Waals surface area contributed by atoms with Crippen molar-refractivity contribution in [1.82, 2.24) is 9.80 Å². The van der Waals surface area contributed by atoms with E-state index >= 15 is 0 Å². The van der Waals surface area contributed by atoms with Crippen molar-refractivity contribution < 1.29 is 0 Å². The number of hydrogen-bond acceptors (Lipinski definition) is 3. The van der Waals surface area contributed by atoms with Gasteiger partial charge >= 0.3 is 0 Å². The first-order chi connectivity index (χ1) is 5.72. The molecule has 0 unspecified atom stereocenters. The average Bonchev–Trinajstić information content (AvgIpc) is 2.09. The van der Waals surface area contributed by atoms with E-state index in [1.165, 1.54) is 25.9 Å². The summed E-state index contributed by atoms with van der Waals surface area (Å²) in [6.07, 6.45) is 4.62. The third-order valence-electron chi connectivity index (χ3n) is 2.54. The summed E-state index contributed by atoms with van der Waals surface area (Å²) in [5, 5.41) is 8.58. The maximum absolute atomic E-state index is 8.58. The zero-order valence-corrected chi connectivity index (χ0v) is 7.95. The van der Waals surface area contributed by atoms with Crippen molar-refractivity contribution in [2.24, 2.45) is 5.92 Å². The molecular weight excluding hydrogens is 150 g/mol. The normalized spacial score (nSPS) is 20.4. The van der Waals surface area contributed by atoms with Gasteiger partial charge in [0.15, 0.2) is 6.19 Å². The first-order valence-electron chi connectivity index (χ1n) is 4.52. The van der Waals surface area contributed by atoms with Crippen LogP contribution in [-0.4, -0.2) is 43.5 Å². The highest BCUT2D eigenvalue weighted by Gasteiger charge is 2.17. The lowest BCUT2D eigenvalue weighted by atomic mass is 9.97. The summed E-state index contributed by atoms with van der Waals surface area (Å²) in [6, 6.07) is 0. The maximum atomic E-state index is 8.58. The Hall–Kier alpha value is -0.750. The minimum atomic E-state index is 0.728. The van der Waals surface area contributed by atoms with Crippen molar-refractivity contribution in [3.8, 4) is 6.19 Å². The molecule has 1 saturated heterocycles. The van der Waals surface area contributed by atoms with Crippen LogP contribution >= 0.6 is 0 Å². The summed E-state index contributed by atoms with van der Waals surface area (Å²) in [5.41, 5.74) is 0. The van der Waals surface area contributed by atoms with Gasteiger partial charge in [0.1, 0.15) is 0 Å². The molecular formula is C9H17N3. The topological polar surface area (TPSA) is 30.3 Å². The summed E-state index contributed by atoms with van der Waals surface area (Å²) in [5.74, 6) is 0.728. The quantitative estimate of drug-likeness (QED) is 0.449. The Bertz CT molecular complexity index is 165. The van der Waals surface area contributed by atoms with E-state index in [0.29, 0.717) is 0 Å².